The predicted molar refractivity (Wildman–Crippen MR) is 118 cm³/mol. The molecule has 35 heavy (non-hydrogen) atoms. The van der Waals surface area contributed by atoms with Crippen molar-refractivity contribution in [3.63, 3.8) is 0 Å². The van der Waals surface area contributed by atoms with Gasteiger partial charge in [-0.3, -0.25) is 9.59 Å². The van der Waals surface area contributed by atoms with Crippen LogP contribution < -0.4 is 10.1 Å². The molecule has 1 aromatic heterocycles. The van der Waals surface area contributed by atoms with Crippen LogP contribution in [-0.2, 0) is 11.0 Å². The van der Waals surface area contributed by atoms with E-state index in [9.17, 15) is 27.9 Å². The quantitative estimate of drug-likeness (QED) is 0.545. The topological polar surface area (TPSA) is 105 Å². The molecular weight excluding hydrogens is 467 g/mol. The first kappa shape index (κ1) is 24.1. The van der Waals surface area contributed by atoms with Gasteiger partial charge in [0, 0.05) is 37.6 Å². The van der Waals surface area contributed by atoms with Crippen molar-refractivity contribution in [3.8, 4) is 22.8 Å². The van der Waals surface area contributed by atoms with E-state index in [1.807, 2.05) is 0 Å². The molecule has 0 unspecified atom stereocenters. The van der Waals surface area contributed by atoms with Gasteiger partial charge in [-0.1, -0.05) is 17.3 Å². The van der Waals surface area contributed by atoms with Crippen LogP contribution in [0.3, 0.4) is 0 Å². The summed E-state index contributed by atoms with van der Waals surface area (Å²) >= 11 is 0. The number of alkyl halides is 3. The number of likely N-dealkylation sites (tertiary alicyclic amines) is 1. The Morgan fingerprint density at radius 3 is 2.49 bits per heavy atom. The van der Waals surface area contributed by atoms with Gasteiger partial charge in [-0.2, -0.15) is 13.2 Å². The van der Waals surface area contributed by atoms with Crippen molar-refractivity contribution < 1.29 is 37.1 Å². The maximum absolute atomic E-state index is 12.7. The lowest BCUT2D eigenvalue weighted by molar-refractivity contribution is -0.137. The summed E-state index contributed by atoms with van der Waals surface area (Å²) in [5.74, 6) is -0.165. The Balaban J connectivity index is 1.22. The molecule has 1 fully saturated rings. The van der Waals surface area contributed by atoms with Crippen LogP contribution in [0.5, 0.6) is 11.5 Å². The van der Waals surface area contributed by atoms with E-state index in [4.69, 9.17) is 9.26 Å². The van der Waals surface area contributed by atoms with Gasteiger partial charge >= 0.3 is 6.18 Å². The summed E-state index contributed by atoms with van der Waals surface area (Å²) in [6, 6.07) is 12.2. The van der Waals surface area contributed by atoms with Gasteiger partial charge in [-0.25, -0.2) is 0 Å². The molecular formula is C24H22F3N3O5. The smallest absolute Gasteiger partial charge is 0.416 e. The number of aromatic hydroxyl groups is 1. The molecule has 1 aliphatic rings. The van der Waals surface area contributed by atoms with E-state index >= 15 is 0 Å². The van der Waals surface area contributed by atoms with Crippen LogP contribution in [0, 0.1) is 0 Å². The first-order valence-electron chi connectivity index (χ1n) is 10.8. The number of ether oxygens (including phenoxy) is 1. The Morgan fingerprint density at radius 2 is 1.83 bits per heavy atom. The molecule has 1 saturated heterocycles. The van der Waals surface area contributed by atoms with Crippen molar-refractivity contribution >= 4 is 11.8 Å². The second kappa shape index (κ2) is 10.1. The SMILES string of the molecule is O=C(NCC(=O)N1CCC(Oc2ccc(C(F)(F)F)cc2)CC1)c1cc(-c2cccc(O)c2)on1. The number of benzene rings is 2. The average Bonchev–Trinajstić information content (AvgIpc) is 3.33. The van der Waals surface area contributed by atoms with E-state index in [2.05, 4.69) is 10.5 Å². The zero-order valence-electron chi connectivity index (χ0n) is 18.4. The molecule has 2 amide bonds. The van der Waals surface area contributed by atoms with Crippen molar-refractivity contribution in [3.05, 3.63) is 65.9 Å². The number of aromatic nitrogens is 1. The third-order valence-electron chi connectivity index (χ3n) is 5.55. The fourth-order valence-corrected chi connectivity index (χ4v) is 3.67. The van der Waals surface area contributed by atoms with E-state index in [-0.39, 0.29) is 30.0 Å². The van der Waals surface area contributed by atoms with Gasteiger partial charge in [-0.15, -0.1) is 0 Å². The molecule has 4 rings (SSSR count). The largest absolute Gasteiger partial charge is 0.508 e. The van der Waals surface area contributed by atoms with Crippen LogP contribution in [0.25, 0.3) is 11.3 Å². The second-order valence-corrected chi connectivity index (χ2v) is 8.03. The zero-order valence-corrected chi connectivity index (χ0v) is 18.4. The second-order valence-electron chi connectivity index (χ2n) is 8.03. The van der Waals surface area contributed by atoms with Gasteiger partial charge < -0.3 is 24.6 Å². The average molecular weight is 489 g/mol. The predicted octanol–water partition coefficient (Wildman–Crippen LogP) is 3.87. The standard InChI is InChI=1S/C24H22F3N3O5/c25-24(26,27)16-4-6-18(7-5-16)34-19-8-10-30(11-9-19)22(32)14-28-23(33)20-13-21(35-29-20)15-2-1-3-17(31)12-15/h1-7,12-13,19,31H,8-11,14H2,(H,28,33). The van der Waals surface area contributed by atoms with Crippen LogP contribution in [0.15, 0.2) is 59.1 Å². The highest BCUT2D eigenvalue weighted by Gasteiger charge is 2.30. The first-order chi connectivity index (χ1) is 16.7. The summed E-state index contributed by atoms with van der Waals surface area (Å²) in [6.07, 6.45) is -3.60. The van der Waals surface area contributed by atoms with E-state index < -0.39 is 17.6 Å². The van der Waals surface area contributed by atoms with Crippen LogP contribution in [0.4, 0.5) is 13.2 Å². The number of phenols is 1. The molecule has 2 heterocycles. The number of hydrogen-bond acceptors (Lipinski definition) is 6. The fraction of sp³-hybridized carbons (Fsp3) is 0.292. The lowest BCUT2D eigenvalue weighted by atomic mass is 10.1. The molecule has 8 nitrogen and oxygen atoms in total. The van der Waals surface area contributed by atoms with Crippen molar-refractivity contribution in [1.82, 2.24) is 15.4 Å². The number of rotatable bonds is 6. The van der Waals surface area contributed by atoms with Gasteiger partial charge in [0.15, 0.2) is 11.5 Å². The van der Waals surface area contributed by atoms with Crippen molar-refractivity contribution in [2.24, 2.45) is 0 Å². The Morgan fingerprint density at radius 1 is 1.11 bits per heavy atom. The van der Waals surface area contributed by atoms with Gasteiger partial charge in [0.2, 0.25) is 5.91 Å². The van der Waals surface area contributed by atoms with Gasteiger partial charge in [0.05, 0.1) is 12.1 Å². The molecule has 1 aliphatic heterocycles. The molecule has 184 valence electrons. The highest BCUT2D eigenvalue weighted by atomic mass is 19.4. The number of piperidine rings is 1. The summed E-state index contributed by atoms with van der Waals surface area (Å²) in [5, 5.41) is 15.8. The zero-order chi connectivity index (χ0) is 25.0. The van der Waals surface area contributed by atoms with Gasteiger partial charge in [-0.05, 0) is 36.4 Å². The number of halogens is 3. The number of amides is 2. The molecule has 2 aromatic carbocycles. The number of carbonyl (C=O) groups excluding carboxylic acids is 2. The summed E-state index contributed by atoms with van der Waals surface area (Å²) in [4.78, 5) is 26.4. The Kier molecular flexibility index (Phi) is 6.94. The molecule has 0 radical (unpaired) electrons. The van der Waals surface area contributed by atoms with Gasteiger partial charge in [0.1, 0.15) is 17.6 Å². The summed E-state index contributed by atoms with van der Waals surface area (Å²) in [7, 11) is 0. The first-order valence-corrected chi connectivity index (χ1v) is 10.8. The van der Waals surface area contributed by atoms with E-state index in [0.29, 0.717) is 43.0 Å². The monoisotopic (exact) mass is 489 g/mol. The lowest BCUT2D eigenvalue weighted by Gasteiger charge is -2.32. The number of hydrogen-bond donors (Lipinski definition) is 2. The van der Waals surface area contributed by atoms with Crippen LogP contribution >= 0.6 is 0 Å². The molecule has 0 atom stereocenters. The lowest BCUT2D eigenvalue weighted by Crippen LogP contribution is -2.46. The summed E-state index contributed by atoms with van der Waals surface area (Å²) in [5.41, 5.74) is -0.192. The van der Waals surface area contributed by atoms with E-state index in [1.54, 1.807) is 17.0 Å². The normalized spacial score (nSPS) is 14.5. The maximum Gasteiger partial charge on any atom is 0.416 e. The van der Waals surface area contributed by atoms with Crippen LogP contribution in [-0.4, -0.2) is 52.7 Å². The highest BCUT2D eigenvalue weighted by molar-refractivity contribution is 5.95. The van der Waals surface area contributed by atoms with Crippen molar-refractivity contribution in [2.75, 3.05) is 19.6 Å². The Hall–Kier alpha value is -4.02. The maximum atomic E-state index is 12.7. The van der Waals surface area contributed by atoms with Crippen LogP contribution in [0.2, 0.25) is 0 Å². The van der Waals surface area contributed by atoms with E-state index in [0.717, 1.165) is 12.1 Å². The molecule has 11 heteroatoms. The molecule has 0 aliphatic carbocycles. The number of phenolic OH excluding ortho intramolecular Hbond substituents is 1. The molecule has 2 N–H and O–H groups in total. The number of carbonyl (C=O) groups is 2. The van der Waals surface area contributed by atoms with Crippen LogP contribution in [0.1, 0.15) is 28.9 Å². The highest BCUT2D eigenvalue weighted by Crippen LogP contribution is 2.31. The summed E-state index contributed by atoms with van der Waals surface area (Å²) < 4.78 is 48.9. The minimum atomic E-state index is -4.40. The third kappa shape index (κ3) is 6.11. The third-order valence-corrected chi connectivity index (χ3v) is 5.55. The Labute approximate surface area is 198 Å². The molecule has 0 bridgehead atoms. The minimum absolute atomic E-state index is 0.000192. The molecule has 0 spiro atoms. The molecule has 0 saturated carbocycles. The number of nitrogens with one attached hydrogen (secondary N) is 1. The summed E-state index contributed by atoms with van der Waals surface area (Å²) in [6.45, 7) is 0.564. The Bertz CT molecular complexity index is 1190. The van der Waals surface area contributed by atoms with Gasteiger partial charge in [0.25, 0.3) is 5.91 Å². The molecule has 3 aromatic rings. The minimum Gasteiger partial charge on any atom is -0.508 e. The fourth-order valence-electron chi connectivity index (χ4n) is 3.67. The number of nitrogens with zero attached hydrogens (tertiary/aromatic N) is 2. The van der Waals surface area contributed by atoms with Crippen molar-refractivity contribution in [1.29, 1.82) is 0 Å². The van der Waals surface area contributed by atoms with E-state index in [1.165, 1.54) is 30.3 Å². The van der Waals surface area contributed by atoms with Crippen molar-refractivity contribution in [2.45, 2.75) is 25.1 Å².